The molecule has 2 rings (SSSR count). The average molecular weight is 325 g/mol. The average Bonchev–Trinajstić information content (AvgIpc) is 2.53. The molecule has 3 heteroatoms. The second-order valence-corrected chi connectivity index (χ2v) is 6.68. The molecule has 0 aliphatic rings. The quantitative estimate of drug-likeness (QED) is 0.837. The summed E-state index contributed by atoms with van der Waals surface area (Å²) in [7, 11) is 0. The van der Waals surface area contributed by atoms with Gasteiger partial charge in [-0.25, -0.2) is 0 Å². The van der Waals surface area contributed by atoms with Crippen LogP contribution in [-0.4, -0.2) is 12.5 Å². The Morgan fingerprint density at radius 3 is 2.25 bits per heavy atom. The molecule has 2 aromatic rings. The van der Waals surface area contributed by atoms with E-state index in [1.165, 1.54) is 5.56 Å². The van der Waals surface area contributed by atoms with E-state index in [4.69, 9.17) is 4.74 Å². The standard InChI is InChI=1S/C21H27NO2/c1-14(2)19-11-8-16(4)12-20(19)24-13-21(23)22-17(5)18-9-6-15(3)7-10-18/h6-12,14,17H,13H2,1-5H3,(H,22,23). The van der Waals surface area contributed by atoms with Gasteiger partial charge in [0.25, 0.3) is 5.91 Å². The molecular formula is C21H27NO2. The number of hydrogen-bond acceptors (Lipinski definition) is 2. The van der Waals surface area contributed by atoms with Crippen LogP contribution < -0.4 is 10.1 Å². The van der Waals surface area contributed by atoms with Crippen LogP contribution in [0.4, 0.5) is 0 Å². The summed E-state index contributed by atoms with van der Waals surface area (Å²) < 4.78 is 5.78. The van der Waals surface area contributed by atoms with Gasteiger partial charge >= 0.3 is 0 Å². The Labute approximate surface area is 145 Å². The van der Waals surface area contributed by atoms with Crippen LogP contribution in [0, 0.1) is 13.8 Å². The molecule has 3 nitrogen and oxygen atoms in total. The molecule has 128 valence electrons. The molecule has 0 saturated heterocycles. The maximum atomic E-state index is 12.2. The Hall–Kier alpha value is -2.29. The number of nitrogens with one attached hydrogen (secondary N) is 1. The molecule has 0 spiro atoms. The maximum absolute atomic E-state index is 12.2. The lowest BCUT2D eigenvalue weighted by atomic mass is 10.0. The third kappa shape index (κ3) is 4.85. The van der Waals surface area contributed by atoms with Crippen LogP contribution in [0.5, 0.6) is 5.75 Å². The Kier molecular flexibility index (Phi) is 6.02. The summed E-state index contributed by atoms with van der Waals surface area (Å²) in [4.78, 5) is 12.2. The van der Waals surface area contributed by atoms with Crippen molar-refractivity contribution in [1.82, 2.24) is 5.32 Å². The van der Waals surface area contributed by atoms with Crippen LogP contribution in [0.1, 0.15) is 55.0 Å². The van der Waals surface area contributed by atoms with E-state index in [2.05, 4.69) is 50.4 Å². The first-order valence-corrected chi connectivity index (χ1v) is 8.46. The highest BCUT2D eigenvalue weighted by Gasteiger charge is 2.12. The van der Waals surface area contributed by atoms with Crippen molar-refractivity contribution in [3.63, 3.8) is 0 Å². The van der Waals surface area contributed by atoms with Crippen molar-refractivity contribution < 1.29 is 9.53 Å². The smallest absolute Gasteiger partial charge is 0.258 e. The maximum Gasteiger partial charge on any atom is 0.258 e. The number of rotatable bonds is 6. The molecule has 0 saturated carbocycles. The van der Waals surface area contributed by atoms with Crippen LogP contribution in [0.15, 0.2) is 42.5 Å². The molecule has 1 amide bonds. The summed E-state index contributed by atoms with van der Waals surface area (Å²) in [6.45, 7) is 10.3. The molecule has 2 aromatic carbocycles. The first kappa shape index (κ1) is 18.1. The van der Waals surface area contributed by atoms with Crippen molar-refractivity contribution in [1.29, 1.82) is 0 Å². The fraction of sp³-hybridized carbons (Fsp3) is 0.381. The zero-order valence-corrected chi connectivity index (χ0v) is 15.2. The summed E-state index contributed by atoms with van der Waals surface area (Å²) in [6.07, 6.45) is 0. The van der Waals surface area contributed by atoms with Gasteiger partial charge in [0.2, 0.25) is 0 Å². The third-order valence-electron chi connectivity index (χ3n) is 4.10. The van der Waals surface area contributed by atoms with Crippen molar-refractivity contribution in [2.75, 3.05) is 6.61 Å². The highest BCUT2D eigenvalue weighted by molar-refractivity contribution is 5.78. The van der Waals surface area contributed by atoms with Gasteiger partial charge in [0.05, 0.1) is 6.04 Å². The highest BCUT2D eigenvalue weighted by atomic mass is 16.5. The van der Waals surface area contributed by atoms with Gasteiger partial charge in [-0.1, -0.05) is 55.8 Å². The molecule has 0 aliphatic heterocycles. The van der Waals surface area contributed by atoms with Crippen LogP contribution >= 0.6 is 0 Å². The van der Waals surface area contributed by atoms with Crippen LogP contribution in [0.3, 0.4) is 0 Å². The fourth-order valence-electron chi connectivity index (χ4n) is 2.61. The predicted octanol–water partition coefficient (Wildman–Crippen LogP) is 4.68. The lowest BCUT2D eigenvalue weighted by Crippen LogP contribution is -2.31. The molecule has 24 heavy (non-hydrogen) atoms. The van der Waals surface area contributed by atoms with Crippen LogP contribution in [0.25, 0.3) is 0 Å². The van der Waals surface area contributed by atoms with E-state index in [0.717, 1.165) is 22.4 Å². The second kappa shape index (κ2) is 8.00. The fourth-order valence-corrected chi connectivity index (χ4v) is 2.61. The molecule has 1 N–H and O–H groups in total. The highest BCUT2D eigenvalue weighted by Crippen LogP contribution is 2.27. The van der Waals surface area contributed by atoms with Crippen molar-refractivity contribution in [2.24, 2.45) is 0 Å². The van der Waals surface area contributed by atoms with Crippen molar-refractivity contribution in [2.45, 2.75) is 46.6 Å². The predicted molar refractivity (Wildman–Crippen MR) is 98.5 cm³/mol. The SMILES string of the molecule is Cc1ccc(C(C)NC(=O)COc2cc(C)ccc2C(C)C)cc1. The molecule has 0 fully saturated rings. The van der Waals surface area contributed by atoms with Crippen molar-refractivity contribution in [3.05, 3.63) is 64.7 Å². The Morgan fingerprint density at radius 2 is 1.62 bits per heavy atom. The van der Waals surface area contributed by atoms with E-state index in [1.54, 1.807) is 0 Å². The van der Waals surface area contributed by atoms with Crippen LogP contribution in [0.2, 0.25) is 0 Å². The van der Waals surface area contributed by atoms with Crippen molar-refractivity contribution >= 4 is 5.91 Å². The normalized spacial score (nSPS) is 12.1. The zero-order chi connectivity index (χ0) is 17.7. The molecule has 0 aliphatic carbocycles. The Balaban J connectivity index is 1.96. The van der Waals surface area contributed by atoms with Crippen molar-refractivity contribution in [3.8, 4) is 5.75 Å². The summed E-state index contributed by atoms with van der Waals surface area (Å²) >= 11 is 0. The molecule has 1 unspecified atom stereocenters. The topological polar surface area (TPSA) is 38.3 Å². The molecule has 0 aromatic heterocycles. The molecule has 0 bridgehead atoms. The van der Waals surface area contributed by atoms with E-state index in [0.29, 0.717) is 5.92 Å². The summed E-state index contributed by atoms with van der Waals surface area (Å²) in [5.41, 5.74) is 4.55. The van der Waals surface area contributed by atoms with E-state index in [9.17, 15) is 4.79 Å². The molecule has 1 atom stereocenters. The molecule has 0 heterocycles. The summed E-state index contributed by atoms with van der Waals surface area (Å²) in [5, 5.41) is 2.99. The lowest BCUT2D eigenvalue weighted by molar-refractivity contribution is -0.123. The largest absolute Gasteiger partial charge is 0.483 e. The lowest BCUT2D eigenvalue weighted by Gasteiger charge is -2.17. The number of amides is 1. The Bertz CT molecular complexity index is 689. The van der Waals surface area contributed by atoms with E-state index in [1.807, 2.05) is 32.0 Å². The Morgan fingerprint density at radius 1 is 1.00 bits per heavy atom. The first-order valence-electron chi connectivity index (χ1n) is 8.46. The number of carbonyl (C=O) groups is 1. The minimum absolute atomic E-state index is 0.0272. The summed E-state index contributed by atoms with van der Waals surface area (Å²) in [5.74, 6) is 1.04. The zero-order valence-electron chi connectivity index (χ0n) is 15.2. The molecular weight excluding hydrogens is 298 g/mol. The minimum Gasteiger partial charge on any atom is -0.483 e. The van der Waals surface area contributed by atoms with Gasteiger partial charge in [0.15, 0.2) is 6.61 Å². The van der Waals surface area contributed by atoms with Gasteiger partial charge < -0.3 is 10.1 Å². The minimum atomic E-state index is -0.112. The van der Waals surface area contributed by atoms with Crippen LogP contribution in [-0.2, 0) is 4.79 Å². The van der Waals surface area contributed by atoms with Gasteiger partial charge in [0.1, 0.15) is 5.75 Å². The first-order chi connectivity index (χ1) is 11.4. The number of aryl methyl sites for hydroxylation is 2. The second-order valence-electron chi connectivity index (χ2n) is 6.68. The van der Waals surface area contributed by atoms with Gasteiger partial charge in [-0.2, -0.15) is 0 Å². The number of hydrogen-bond donors (Lipinski definition) is 1. The van der Waals surface area contributed by atoms with Gasteiger partial charge in [0, 0.05) is 0 Å². The van der Waals surface area contributed by atoms with E-state index < -0.39 is 0 Å². The van der Waals surface area contributed by atoms with Gasteiger partial charge in [-0.3, -0.25) is 4.79 Å². The van der Waals surface area contributed by atoms with Gasteiger partial charge in [-0.05, 0) is 49.4 Å². The number of ether oxygens (including phenoxy) is 1. The van der Waals surface area contributed by atoms with E-state index >= 15 is 0 Å². The van der Waals surface area contributed by atoms with Gasteiger partial charge in [-0.15, -0.1) is 0 Å². The van der Waals surface area contributed by atoms with E-state index in [-0.39, 0.29) is 18.6 Å². The third-order valence-corrected chi connectivity index (χ3v) is 4.10. The molecule has 0 radical (unpaired) electrons. The monoisotopic (exact) mass is 325 g/mol. The number of benzene rings is 2. The number of carbonyl (C=O) groups excluding carboxylic acids is 1. The summed E-state index contributed by atoms with van der Waals surface area (Å²) in [6, 6.07) is 14.3.